The van der Waals surface area contributed by atoms with Crippen LogP contribution in [0, 0.1) is 6.92 Å². The zero-order valence-corrected chi connectivity index (χ0v) is 23.4. The summed E-state index contributed by atoms with van der Waals surface area (Å²) in [6, 6.07) is 32.6. The molecule has 0 bridgehead atoms. The van der Waals surface area contributed by atoms with Gasteiger partial charge < -0.3 is 24.3 Å². The summed E-state index contributed by atoms with van der Waals surface area (Å²) in [5, 5.41) is 4.08. The van der Waals surface area contributed by atoms with Crippen LogP contribution in [0.1, 0.15) is 39.4 Å². The highest BCUT2D eigenvalue weighted by molar-refractivity contribution is 7.80. The van der Waals surface area contributed by atoms with Crippen LogP contribution in [-0.4, -0.2) is 27.7 Å². The van der Waals surface area contributed by atoms with Gasteiger partial charge in [-0.2, -0.15) is 0 Å². The molecule has 3 heterocycles. The summed E-state index contributed by atoms with van der Waals surface area (Å²) in [6.07, 6.45) is 3.73. The topological polar surface area (TPSA) is 68.6 Å². The molecule has 1 N–H and O–H groups in total. The Kier molecular flexibility index (Phi) is 7.22. The molecular formula is C33H28N4O3S. The van der Waals surface area contributed by atoms with Gasteiger partial charge in [0, 0.05) is 23.8 Å². The number of aryl methyl sites for hydroxylation is 1. The predicted octanol–water partition coefficient (Wildman–Crippen LogP) is 6.94. The van der Waals surface area contributed by atoms with Crippen molar-refractivity contribution in [2.45, 2.75) is 19.0 Å². The molecule has 2 atom stereocenters. The first kappa shape index (κ1) is 26.3. The SMILES string of the molecule is COC(=O)c1ccccc1-n1cccc1[C@@H]1[C@H](c2ccccn2)NC(=S)N1c1ccc(Oc2ccc(C)cc2)cc1. The third kappa shape index (κ3) is 5.17. The van der Waals surface area contributed by atoms with Crippen LogP contribution in [0.15, 0.2) is 116 Å². The number of hydrogen-bond donors (Lipinski definition) is 1. The van der Waals surface area contributed by atoms with Crippen molar-refractivity contribution in [1.82, 2.24) is 14.9 Å². The summed E-state index contributed by atoms with van der Waals surface area (Å²) in [7, 11) is 1.39. The maximum Gasteiger partial charge on any atom is 0.339 e. The minimum atomic E-state index is -0.400. The number of ether oxygens (including phenoxy) is 2. The number of carbonyl (C=O) groups excluding carboxylic acids is 1. The molecule has 6 rings (SSSR count). The smallest absolute Gasteiger partial charge is 0.339 e. The van der Waals surface area contributed by atoms with Crippen LogP contribution in [0.4, 0.5) is 5.69 Å². The summed E-state index contributed by atoms with van der Waals surface area (Å²) >= 11 is 5.92. The Labute approximate surface area is 244 Å². The first-order valence-corrected chi connectivity index (χ1v) is 13.6. The van der Waals surface area contributed by atoms with Crippen LogP contribution in [0.25, 0.3) is 5.69 Å². The fraction of sp³-hybridized carbons (Fsp3) is 0.121. The Morgan fingerprint density at radius 3 is 2.29 bits per heavy atom. The van der Waals surface area contributed by atoms with Crippen LogP contribution < -0.4 is 15.0 Å². The molecule has 41 heavy (non-hydrogen) atoms. The van der Waals surface area contributed by atoms with Crippen LogP contribution in [0.5, 0.6) is 11.5 Å². The maximum absolute atomic E-state index is 12.7. The Hall–Kier alpha value is -4.95. The number of aromatic nitrogens is 2. The lowest BCUT2D eigenvalue weighted by Gasteiger charge is -2.29. The van der Waals surface area contributed by atoms with Gasteiger partial charge in [0.1, 0.15) is 17.5 Å². The van der Waals surface area contributed by atoms with E-state index in [9.17, 15) is 4.79 Å². The van der Waals surface area contributed by atoms with Gasteiger partial charge in [-0.1, -0.05) is 35.9 Å². The number of carbonyl (C=O) groups is 1. The fourth-order valence-corrected chi connectivity index (χ4v) is 5.52. The quantitative estimate of drug-likeness (QED) is 0.171. The maximum atomic E-state index is 12.7. The highest BCUT2D eigenvalue weighted by atomic mass is 32.1. The Bertz CT molecular complexity index is 1680. The first-order chi connectivity index (χ1) is 20.0. The van der Waals surface area contributed by atoms with E-state index >= 15 is 0 Å². The second kappa shape index (κ2) is 11.3. The number of nitrogens with zero attached hydrogens (tertiary/aromatic N) is 3. The average molecular weight is 561 g/mol. The molecule has 0 saturated carbocycles. The summed E-state index contributed by atoms with van der Waals surface area (Å²) < 4.78 is 13.2. The largest absolute Gasteiger partial charge is 0.465 e. The van der Waals surface area contributed by atoms with Gasteiger partial charge in [-0.05, 0) is 91.9 Å². The number of nitrogens with one attached hydrogen (secondary N) is 1. The summed E-state index contributed by atoms with van der Waals surface area (Å²) in [5.74, 6) is 1.10. The van der Waals surface area contributed by atoms with Crippen LogP contribution in [-0.2, 0) is 4.74 Å². The molecule has 0 unspecified atom stereocenters. The lowest BCUT2D eigenvalue weighted by Crippen LogP contribution is -2.30. The van der Waals surface area contributed by atoms with Crippen LogP contribution in [0.2, 0.25) is 0 Å². The molecule has 0 spiro atoms. The van der Waals surface area contributed by atoms with Gasteiger partial charge in [-0.15, -0.1) is 0 Å². The molecule has 0 aliphatic carbocycles. The van der Waals surface area contributed by atoms with E-state index in [-0.39, 0.29) is 12.1 Å². The minimum absolute atomic E-state index is 0.244. The minimum Gasteiger partial charge on any atom is -0.465 e. The number of esters is 1. The molecule has 0 radical (unpaired) electrons. The average Bonchev–Trinajstić information content (AvgIpc) is 3.63. The summed E-state index contributed by atoms with van der Waals surface area (Å²) in [4.78, 5) is 19.4. The van der Waals surface area contributed by atoms with E-state index in [0.717, 1.165) is 34.3 Å². The highest BCUT2D eigenvalue weighted by Crippen LogP contribution is 2.43. The molecule has 204 valence electrons. The lowest BCUT2D eigenvalue weighted by molar-refractivity contribution is 0.0600. The highest BCUT2D eigenvalue weighted by Gasteiger charge is 2.42. The molecule has 1 aliphatic heterocycles. The van der Waals surface area contributed by atoms with E-state index in [1.165, 1.54) is 12.7 Å². The van der Waals surface area contributed by atoms with Crippen molar-refractivity contribution < 1.29 is 14.3 Å². The molecule has 5 aromatic rings. The van der Waals surface area contributed by atoms with Crippen molar-refractivity contribution in [3.8, 4) is 17.2 Å². The fourth-order valence-electron chi connectivity index (χ4n) is 5.17. The third-order valence-corrected chi connectivity index (χ3v) is 7.44. The van der Waals surface area contributed by atoms with Gasteiger partial charge in [-0.3, -0.25) is 4.98 Å². The number of rotatable bonds is 7. The zero-order chi connectivity index (χ0) is 28.3. The summed E-state index contributed by atoms with van der Waals surface area (Å²) in [5.41, 5.74) is 5.06. The van der Waals surface area contributed by atoms with E-state index in [2.05, 4.69) is 15.2 Å². The number of benzene rings is 3. The normalized spacial score (nSPS) is 16.3. The van der Waals surface area contributed by atoms with E-state index in [1.807, 2.05) is 115 Å². The van der Waals surface area contributed by atoms with Crippen molar-refractivity contribution in [3.05, 3.63) is 138 Å². The van der Waals surface area contributed by atoms with E-state index in [0.29, 0.717) is 10.7 Å². The molecule has 8 heteroatoms. The van der Waals surface area contributed by atoms with Gasteiger partial charge in [0.05, 0.1) is 30.1 Å². The predicted molar refractivity (Wildman–Crippen MR) is 163 cm³/mol. The Morgan fingerprint density at radius 2 is 1.59 bits per heavy atom. The molecule has 1 saturated heterocycles. The number of methoxy groups -OCH3 is 1. The number of thiocarbonyl (C=S) groups is 1. The third-order valence-electron chi connectivity index (χ3n) is 7.12. The van der Waals surface area contributed by atoms with Gasteiger partial charge >= 0.3 is 5.97 Å². The van der Waals surface area contributed by atoms with Gasteiger partial charge in [0.2, 0.25) is 0 Å². The second-order valence-corrected chi connectivity index (χ2v) is 10.1. The van der Waals surface area contributed by atoms with Crippen molar-refractivity contribution in [2.75, 3.05) is 12.0 Å². The molecule has 0 amide bonds. The zero-order valence-electron chi connectivity index (χ0n) is 22.6. The molecule has 7 nitrogen and oxygen atoms in total. The van der Waals surface area contributed by atoms with Crippen molar-refractivity contribution >= 4 is 29.0 Å². The number of pyridine rings is 1. The standard InChI is InChI=1S/C33H28N4O3S/c1-22-12-16-24(17-13-22)40-25-18-14-23(15-19-25)37-31(30(35-33(37)41)27-9-5-6-20-34-27)29-11-7-21-36(29)28-10-4-3-8-26(28)32(38)39-2/h3-21,30-31H,1-2H3,(H,35,41)/t30-,31+/m0/s1. The molecule has 2 aromatic heterocycles. The van der Waals surface area contributed by atoms with Crippen molar-refractivity contribution in [2.24, 2.45) is 0 Å². The Morgan fingerprint density at radius 1 is 0.878 bits per heavy atom. The van der Waals surface area contributed by atoms with E-state index < -0.39 is 5.97 Å². The van der Waals surface area contributed by atoms with Crippen molar-refractivity contribution in [1.29, 1.82) is 0 Å². The molecule has 1 aliphatic rings. The second-order valence-electron chi connectivity index (χ2n) is 9.72. The number of hydrogen-bond acceptors (Lipinski definition) is 5. The van der Waals surface area contributed by atoms with Crippen LogP contribution in [0.3, 0.4) is 0 Å². The molecular weight excluding hydrogens is 532 g/mol. The van der Waals surface area contributed by atoms with Crippen LogP contribution >= 0.6 is 12.2 Å². The molecule has 1 fully saturated rings. The first-order valence-electron chi connectivity index (χ1n) is 13.2. The number of para-hydroxylation sites is 1. The lowest BCUT2D eigenvalue weighted by atomic mass is 10.0. The Balaban J connectivity index is 1.41. The van der Waals surface area contributed by atoms with Gasteiger partial charge in [-0.25, -0.2) is 4.79 Å². The summed E-state index contributed by atoms with van der Waals surface area (Å²) in [6.45, 7) is 2.05. The number of anilines is 1. The van der Waals surface area contributed by atoms with E-state index in [4.69, 9.17) is 21.7 Å². The molecule has 3 aromatic carbocycles. The van der Waals surface area contributed by atoms with Gasteiger partial charge in [0.25, 0.3) is 0 Å². The monoisotopic (exact) mass is 560 g/mol. The van der Waals surface area contributed by atoms with Gasteiger partial charge in [0.15, 0.2) is 5.11 Å². The van der Waals surface area contributed by atoms with Crippen molar-refractivity contribution in [3.63, 3.8) is 0 Å². The van der Waals surface area contributed by atoms with E-state index in [1.54, 1.807) is 12.3 Å².